The van der Waals surface area contributed by atoms with Gasteiger partial charge in [0.1, 0.15) is 6.26 Å². The van der Waals surface area contributed by atoms with E-state index < -0.39 is 0 Å². The van der Waals surface area contributed by atoms with E-state index >= 15 is 0 Å². The molecule has 1 atom stereocenters. The fourth-order valence-corrected chi connectivity index (χ4v) is 2.69. The Morgan fingerprint density at radius 2 is 2.45 bits per heavy atom. The monoisotopic (exact) mass is 287 g/mol. The summed E-state index contributed by atoms with van der Waals surface area (Å²) >= 11 is 1.63. The standard InChI is InChI=1S/C14H13N3O2S/c18-14(11-2-6-19-9-11)15-8-13(12-3-7-20-10-12)17-5-1-4-16-17/h1-7,9-10,13H,8H2,(H,15,18)/t13-/m0/s1. The Hall–Kier alpha value is -2.34. The van der Waals surface area contributed by atoms with Gasteiger partial charge in [-0.05, 0) is 34.5 Å². The normalized spacial score (nSPS) is 12.2. The number of thiophene rings is 1. The van der Waals surface area contributed by atoms with Crippen LogP contribution in [0.25, 0.3) is 0 Å². The third-order valence-corrected chi connectivity index (χ3v) is 3.71. The molecule has 0 aliphatic carbocycles. The summed E-state index contributed by atoms with van der Waals surface area (Å²) in [6, 6.07) is 5.55. The van der Waals surface area contributed by atoms with Crippen LogP contribution in [0.15, 0.2) is 58.3 Å². The molecule has 0 fully saturated rings. The van der Waals surface area contributed by atoms with Crippen LogP contribution < -0.4 is 5.32 Å². The van der Waals surface area contributed by atoms with Crippen molar-refractivity contribution in [2.45, 2.75) is 6.04 Å². The van der Waals surface area contributed by atoms with E-state index in [0.29, 0.717) is 12.1 Å². The predicted octanol–water partition coefficient (Wildman–Crippen LogP) is 2.56. The van der Waals surface area contributed by atoms with Gasteiger partial charge in [0, 0.05) is 18.9 Å². The van der Waals surface area contributed by atoms with Crippen molar-refractivity contribution in [1.82, 2.24) is 15.1 Å². The first-order valence-electron chi connectivity index (χ1n) is 6.16. The van der Waals surface area contributed by atoms with Gasteiger partial charge in [-0.1, -0.05) is 0 Å². The Kier molecular flexibility index (Phi) is 3.64. The highest BCUT2D eigenvalue weighted by Gasteiger charge is 2.16. The summed E-state index contributed by atoms with van der Waals surface area (Å²) in [7, 11) is 0. The summed E-state index contributed by atoms with van der Waals surface area (Å²) in [5.41, 5.74) is 1.65. The van der Waals surface area contributed by atoms with Gasteiger partial charge in [0.15, 0.2) is 0 Å². The van der Waals surface area contributed by atoms with Crippen LogP contribution in [0.3, 0.4) is 0 Å². The molecule has 0 spiro atoms. The SMILES string of the molecule is O=C(NC[C@@H](c1ccsc1)n1cccn1)c1ccoc1. The van der Waals surface area contributed by atoms with Crippen LogP contribution in [0.1, 0.15) is 22.0 Å². The van der Waals surface area contributed by atoms with E-state index in [1.54, 1.807) is 23.6 Å². The maximum atomic E-state index is 12.0. The molecule has 3 aromatic heterocycles. The maximum absolute atomic E-state index is 12.0. The second-order valence-corrected chi connectivity index (χ2v) is 5.06. The highest BCUT2D eigenvalue weighted by Crippen LogP contribution is 2.19. The van der Waals surface area contributed by atoms with E-state index in [1.807, 2.05) is 28.4 Å². The Balaban J connectivity index is 1.73. The van der Waals surface area contributed by atoms with Crippen molar-refractivity contribution in [2.75, 3.05) is 6.54 Å². The molecule has 3 aromatic rings. The second-order valence-electron chi connectivity index (χ2n) is 4.28. The van der Waals surface area contributed by atoms with Crippen LogP contribution in [0.5, 0.6) is 0 Å². The van der Waals surface area contributed by atoms with Gasteiger partial charge in [-0.3, -0.25) is 9.48 Å². The number of amides is 1. The van der Waals surface area contributed by atoms with E-state index in [9.17, 15) is 4.79 Å². The van der Waals surface area contributed by atoms with Gasteiger partial charge in [-0.15, -0.1) is 0 Å². The molecule has 3 heterocycles. The lowest BCUT2D eigenvalue weighted by atomic mass is 10.1. The molecule has 0 aliphatic rings. The van der Waals surface area contributed by atoms with Gasteiger partial charge in [-0.25, -0.2) is 0 Å². The molecule has 3 rings (SSSR count). The van der Waals surface area contributed by atoms with Gasteiger partial charge < -0.3 is 9.73 Å². The van der Waals surface area contributed by atoms with Crippen molar-refractivity contribution in [3.8, 4) is 0 Å². The minimum atomic E-state index is -0.147. The minimum Gasteiger partial charge on any atom is -0.472 e. The van der Waals surface area contributed by atoms with Crippen molar-refractivity contribution in [3.05, 3.63) is 65.0 Å². The molecule has 0 bridgehead atoms. The van der Waals surface area contributed by atoms with Crippen LogP contribution in [0.4, 0.5) is 0 Å². The van der Waals surface area contributed by atoms with Gasteiger partial charge >= 0.3 is 0 Å². The number of carbonyl (C=O) groups is 1. The molecule has 0 unspecified atom stereocenters. The molecule has 1 N–H and O–H groups in total. The average molecular weight is 287 g/mol. The third kappa shape index (κ3) is 2.65. The number of aromatic nitrogens is 2. The fourth-order valence-electron chi connectivity index (χ4n) is 1.98. The summed E-state index contributed by atoms with van der Waals surface area (Å²) < 4.78 is 6.76. The molecule has 0 radical (unpaired) electrons. The number of hydrogen-bond donors (Lipinski definition) is 1. The molecular weight excluding hydrogens is 274 g/mol. The average Bonchev–Trinajstić information content (AvgIpc) is 3.22. The largest absolute Gasteiger partial charge is 0.472 e. The zero-order valence-corrected chi connectivity index (χ0v) is 11.4. The van der Waals surface area contributed by atoms with E-state index in [4.69, 9.17) is 4.42 Å². The Morgan fingerprint density at radius 3 is 3.10 bits per heavy atom. The van der Waals surface area contributed by atoms with Crippen LogP contribution in [0.2, 0.25) is 0 Å². The summed E-state index contributed by atoms with van der Waals surface area (Å²) in [6.45, 7) is 0.475. The molecule has 6 heteroatoms. The number of nitrogens with zero attached hydrogens (tertiary/aromatic N) is 2. The predicted molar refractivity (Wildman–Crippen MR) is 75.7 cm³/mol. The molecular formula is C14H13N3O2S. The number of nitrogens with one attached hydrogen (secondary N) is 1. The smallest absolute Gasteiger partial charge is 0.254 e. The van der Waals surface area contributed by atoms with E-state index in [-0.39, 0.29) is 11.9 Å². The quantitative estimate of drug-likeness (QED) is 0.784. The molecule has 0 saturated heterocycles. The van der Waals surface area contributed by atoms with Crippen molar-refractivity contribution < 1.29 is 9.21 Å². The summed E-state index contributed by atoms with van der Waals surface area (Å²) in [4.78, 5) is 12.0. The van der Waals surface area contributed by atoms with Crippen molar-refractivity contribution in [3.63, 3.8) is 0 Å². The van der Waals surface area contributed by atoms with Crippen LogP contribution >= 0.6 is 11.3 Å². The summed E-state index contributed by atoms with van der Waals surface area (Å²) in [5.74, 6) is -0.147. The number of rotatable bonds is 5. The molecule has 5 nitrogen and oxygen atoms in total. The molecule has 0 aliphatic heterocycles. The van der Waals surface area contributed by atoms with Gasteiger partial charge in [0.2, 0.25) is 0 Å². The second kappa shape index (κ2) is 5.75. The van der Waals surface area contributed by atoms with Crippen LogP contribution in [-0.4, -0.2) is 22.2 Å². The Labute approximate surface area is 119 Å². The highest BCUT2D eigenvalue weighted by molar-refractivity contribution is 7.07. The van der Waals surface area contributed by atoms with Crippen molar-refractivity contribution >= 4 is 17.2 Å². The molecule has 102 valence electrons. The molecule has 1 amide bonds. The Morgan fingerprint density at radius 1 is 1.50 bits per heavy atom. The zero-order valence-electron chi connectivity index (χ0n) is 10.6. The third-order valence-electron chi connectivity index (χ3n) is 3.01. The van der Waals surface area contributed by atoms with E-state index in [2.05, 4.69) is 15.8 Å². The highest BCUT2D eigenvalue weighted by atomic mass is 32.1. The number of carbonyl (C=O) groups excluding carboxylic acids is 1. The van der Waals surface area contributed by atoms with Crippen LogP contribution in [-0.2, 0) is 0 Å². The molecule has 20 heavy (non-hydrogen) atoms. The van der Waals surface area contributed by atoms with Crippen molar-refractivity contribution in [2.24, 2.45) is 0 Å². The first-order chi connectivity index (χ1) is 9.84. The minimum absolute atomic E-state index is 0.00731. The maximum Gasteiger partial charge on any atom is 0.254 e. The van der Waals surface area contributed by atoms with E-state index in [1.165, 1.54) is 12.5 Å². The zero-order chi connectivity index (χ0) is 13.8. The van der Waals surface area contributed by atoms with Gasteiger partial charge in [-0.2, -0.15) is 16.4 Å². The van der Waals surface area contributed by atoms with Gasteiger partial charge in [0.25, 0.3) is 5.91 Å². The lowest BCUT2D eigenvalue weighted by molar-refractivity contribution is 0.0948. The fraction of sp³-hybridized carbons (Fsp3) is 0.143. The number of hydrogen-bond acceptors (Lipinski definition) is 4. The lowest BCUT2D eigenvalue weighted by Crippen LogP contribution is -2.31. The number of furan rings is 1. The van der Waals surface area contributed by atoms with Crippen molar-refractivity contribution in [1.29, 1.82) is 0 Å². The first-order valence-corrected chi connectivity index (χ1v) is 7.10. The topological polar surface area (TPSA) is 60.1 Å². The van der Waals surface area contributed by atoms with Crippen LogP contribution in [0, 0.1) is 0 Å². The van der Waals surface area contributed by atoms with Gasteiger partial charge in [0.05, 0.1) is 17.9 Å². The lowest BCUT2D eigenvalue weighted by Gasteiger charge is -2.17. The molecule has 0 aromatic carbocycles. The Bertz CT molecular complexity index is 610. The molecule has 0 saturated carbocycles. The summed E-state index contributed by atoms with van der Waals surface area (Å²) in [5, 5.41) is 11.3. The van der Waals surface area contributed by atoms with E-state index in [0.717, 1.165) is 5.56 Å². The summed E-state index contributed by atoms with van der Waals surface area (Å²) in [6.07, 6.45) is 6.55. The first kappa shape index (κ1) is 12.7.